The lowest BCUT2D eigenvalue weighted by Crippen LogP contribution is -2.52. The lowest BCUT2D eigenvalue weighted by molar-refractivity contribution is -0.118. The van der Waals surface area contributed by atoms with Gasteiger partial charge in [-0.05, 0) is 31.0 Å². The highest BCUT2D eigenvalue weighted by Gasteiger charge is 2.26. The van der Waals surface area contributed by atoms with E-state index in [0.717, 1.165) is 30.9 Å². The van der Waals surface area contributed by atoms with Gasteiger partial charge in [0.05, 0.1) is 6.54 Å². The Labute approximate surface area is 102 Å². The summed E-state index contributed by atoms with van der Waals surface area (Å²) in [6, 6.07) is 7.80. The van der Waals surface area contributed by atoms with E-state index in [2.05, 4.69) is 10.2 Å². The Bertz CT molecular complexity index is 399. The number of hydrogen-bond acceptors (Lipinski definition) is 3. The minimum atomic E-state index is 0.0507. The number of nitrogens with two attached hydrogens (primary N) is 1. The van der Waals surface area contributed by atoms with E-state index in [-0.39, 0.29) is 5.91 Å². The van der Waals surface area contributed by atoms with Gasteiger partial charge in [0.25, 0.3) is 0 Å². The number of nitrogens with one attached hydrogen (secondary N) is 1. The van der Waals surface area contributed by atoms with E-state index in [1.54, 1.807) is 0 Å². The Morgan fingerprint density at radius 2 is 2.18 bits per heavy atom. The van der Waals surface area contributed by atoms with Crippen LogP contribution in [0.4, 0.5) is 5.69 Å². The third-order valence-electron chi connectivity index (χ3n) is 3.15. The van der Waals surface area contributed by atoms with Gasteiger partial charge in [0.1, 0.15) is 0 Å². The van der Waals surface area contributed by atoms with Gasteiger partial charge < -0.3 is 11.1 Å². The monoisotopic (exact) mass is 233 g/mol. The van der Waals surface area contributed by atoms with Crippen LogP contribution in [0, 0.1) is 12.8 Å². The predicted octanol–water partition coefficient (Wildman–Crippen LogP) is 0.824. The van der Waals surface area contributed by atoms with Crippen molar-refractivity contribution in [2.45, 2.75) is 6.92 Å². The van der Waals surface area contributed by atoms with Crippen molar-refractivity contribution in [2.75, 3.05) is 31.5 Å². The number of carbonyl (C=O) groups excluding carboxylic acids is 1. The van der Waals surface area contributed by atoms with Crippen LogP contribution in [0.15, 0.2) is 24.3 Å². The zero-order valence-electron chi connectivity index (χ0n) is 10.1. The van der Waals surface area contributed by atoms with E-state index in [1.165, 1.54) is 0 Å². The van der Waals surface area contributed by atoms with Crippen LogP contribution in [0.2, 0.25) is 0 Å². The number of nitrogens with zero attached hydrogens (tertiary/aromatic N) is 1. The van der Waals surface area contributed by atoms with Crippen molar-refractivity contribution >= 4 is 11.6 Å². The molecule has 4 heteroatoms. The minimum absolute atomic E-state index is 0.0507. The van der Waals surface area contributed by atoms with Crippen molar-refractivity contribution in [3.05, 3.63) is 29.8 Å². The highest BCUT2D eigenvalue weighted by Crippen LogP contribution is 2.15. The molecule has 0 aliphatic carbocycles. The standard InChI is InChI=1S/C13H19N3O/c1-10-4-2-3-5-12(10)15-13(17)9-16-7-11(6-14)8-16/h2-5,11H,6-9,14H2,1H3,(H,15,17). The first-order valence-electron chi connectivity index (χ1n) is 5.97. The van der Waals surface area contributed by atoms with E-state index in [9.17, 15) is 4.79 Å². The van der Waals surface area contributed by atoms with Crippen molar-refractivity contribution in [1.82, 2.24) is 4.90 Å². The second kappa shape index (κ2) is 5.29. The molecule has 0 aromatic heterocycles. The molecule has 0 atom stereocenters. The SMILES string of the molecule is Cc1ccccc1NC(=O)CN1CC(CN)C1. The number of hydrogen-bond donors (Lipinski definition) is 2. The third-order valence-corrected chi connectivity index (χ3v) is 3.15. The summed E-state index contributed by atoms with van der Waals surface area (Å²) in [4.78, 5) is 13.9. The average molecular weight is 233 g/mol. The van der Waals surface area contributed by atoms with Crippen molar-refractivity contribution in [2.24, 2.45) is 11.7 Å². The van der Waals surface area contributed by atoms with E-state index >= 15 is 0 Å². The van der Waals surface area contributed by atoms with Gasteiger partial charge >= 0.3 is 0 Å². The number of likely N-dealkylation sites (tertiary alicyclic amines) is 1. The highest BCUT2D eigenvalue weighted by atomic mass is 16.2. The topological polar surface area (TPSA) is 58.4 Å². The zero-order chi connectivity index (χ0) is 12.3. The molecule has 0 saturated carbocycles. The molecule has 1 amide bonds. The smallest absolute Gasteiger partial charge is 0.238 e. The van der Waals surface area contributed by atoms with E-state index in [0.29, 0.717) is 12.5 Å². The molecule has 1 heterocycles. The molecule has 1 aromatic carbocycles. The third kappa shape index (κ3) is 3.05. The maximum atomic E-state index is 11.8. The first-order chi connectivity index (χ1) is 8.19. The van der Waals surface area contributed by atoms with Gasteiger partial charge in [-0.3, -0.25) is 9.69 Å². The molecule has 92 valence electrons. The molecule has 1 aromatic rings. The predicted molar refractivity (Wildman–Crippen MR) is 68.8 cm³/mol. The molecular formula is C13H19N3O. The van der Waals surface area contributed by atoms with E-state index in [1.807, 2.05) is 31.2 Å². The van der Waals surface area contributed by atoms with Gasteiger partial charge in [0.15, 0.2) is 0 Å². The van der Waals surface area contributed by atoms with Crippen LogP contribution >= 0.6 is 0 Å². The molecule has 0 spiro atoms. The van der Waals surface area contributed by atoms with Gasteiger partial charge in [-0.2, -0.15) is 0 Å². The molecule has 0 unspecified atom stereocenters. The van der Waals surface area contributed by atoms with Crippen LogP contribution in [0.25, 0.3) is 0 Å². The molecule has 17 heavy (non-hydrogen) atoms. The molecule has 2 rings (SSSR count). The Morgan fingerprint density at radius 3 is 2.82 bits per heavy atom. The van der Waals surface area contributed by atoms with E-state index < -0.39 is 0 Å². The minimum Gasteiger partial charge on any atom is -0.330 e. The van der Waals surface area contributed by atoms with Crippen molar-refractivity contribution in [1.29, 1.82) is 0 Å². The molecule has 0 bridgehead atoms. The summed E-state index contributed by atoms with van der Waals surface area (Å²) >= 11 is 0. The maximum absolute atomic E-state index is 11.8. The number of carbonyl (C=O) groups is 1. The van der Waals surface area contributed by atoms with Crippen molar-refractivity contribution in [3.63, 3.8) is 0 Å². The largest absolute Gasteiger partial charge is 0.330 e. The highest BCUT2D eigenvalue weighted by molar-refractivity contribution is 5.92. The quantitative estimate of drug-likeness (QED) is 0.809. The molecule has 0 radical (unpaired) electrons. The van der Waals surface area contributed by atoms with Gasteiger partial charge in [0.2, 0.25) is 5.91 Å². The second-order valence-electron chi connectivity index (χ2n) is 4.66. The van der Waals surface area contributed by atoms with Gasteiger partial charge in [-0.25, -0.2) is 0 Å². The fraction of sp³-hybridized carbons (Fsp3) is 0.462. The summed E-state index contributed by atoms with van der Waals surface area (Å²) in [5, 5.41) is 2.93. The molecule has 4 nitrogen and oxygen atoms in total. The fourth-order valence-corrected chi connectivity index (χ4v) is 2.06. The van der Waals surface area contributed by atoms with Crippen LogP contribution in [-0.4, -0.2) is 37.0 Å². The van der Waals surface area contributed by atoms with Crippen LogP contribution in [0.3, 0.4) is 0 Å². The number of rotatable bonds is 4. The summed E-state index contributed by atoms with van der Waals surface area (Å²) in [6.45, 7) is 5.06. The summed E-state index contributed by atoms with van der Waals surface area (Å²) < 4.78 is 0. The lowest BCUT2D eigenvalue weighted by Gasteiger charge is -2.37. The lowest BCUT2D eigenvalue weighted by atomic mass is 10.0. The molecule has 1 aliphatic heterocycles. The number of aryl methyl sites for hydroxylation is 1. The van der Waals surface area contributed by atoms with Crippen molar-refractivity contribution < 1.29 is 4.79 Å². The van der Waals surface area contributed by atoms with Crippen molar-refractivity contribution in [3.8, 4) is 0 Å². The Morgan fingerprint density at radius 1 is 1.47 bits per heavy atom. The molecule has 1 saturated heterocycles. The van der Waals surface area contributed by atoms with Gasteiger partial charge in [-0.1, -0.05) is 18.2 Å². The van der Waals surface area contributed by atoms with Crippen LogP contribution in [-0.2, 0) is 4.79 Å². The normalized spacial score (nSPS) is 16.6. The number of benzene rings is 1. The number of anilines is 1. The Kier molecular flexibility index (Phi) is 3.76. The Hall–Kier alpha value is -1.39. The summed E-state index contributed by atoms with van der Waals surface area (Å²) in [5.74, 6) is 0.621. The van der Waals surface area contributed by atoms with Crippen LogP contribution in [0.1, 0.15) is 5.56 Å². The summed E-state index contributed by atoms with van der Waals surface area (Å²) in [7, 11) is 0. The Balaban J connectivity index is 1.80. The van der Waals surface area contributed by atoms with Crippen LogP contribution < -0.4 is 11.1 Å². The fourth-order valence-electron chi connectivity index (χ4n) is 2.06. The number of para-hydroxylation sites is 1. The molecule has 1 aliphatic rings. The van der Waals surface area contributed by atoms with Gasteiger partial charge in [0, 0.05) is 18.8 Å². The zero-order valence-corrected chi connectivity index (χ0v) is 10.1. The molecular weight excluding hydrogens is 214 g/mol. The summed E-state index contributed by atoms with van der Waals surface area (Å²) in [6.07, 6.45) is 0. The van der Waals surface area contributed by atoms with Crippen LogP contribution in [0.5, 0.6) is 0 Å². The first-order valence-corrected chi connectivity index (χ1v) is 5.97. The summed E-state index contributed by atoms with van der Waals surface area (Å²) in [5.41, 5.74) is 7.53. The maximum Gasteiger partial charge on any atom is 0.238 e. The average Bonchev–Trinajstić information content (AvgIpc) is 2.26. The first kappa shape index (κ1) is 12.1. The molecule has 1 fully saturated rings. The van der Waals surface area contributed by atoms with E-state index in [4.69, 9.17) is 5.73 Å². The second-order valence-corrected chi connectivity index (χ2v) is 4.66. The molecule has 3 N–H and O–H groups in total. The van der Waals surface area contributed by atoms with Gasteiger partial charge in [-0.15, -0.1) is 0 Å². The number of amides is 1.